The molecule has 0 radical (unpaired) electrons. The zero-order chi connectivity index (χ0) is 18.6. The number of phenols is 1. The lowest BCUT2D eigenvalue weighted by Gasteiger charge is -2.27. The van der Waals surface area contributed by atoms with E-state index in [-0.39, 0.29) is 37.1 Å². The van der Waals surface area contributed by atoms with E-state index >= 15 is 0 Å². The fourth-order valence-corrected chi connectivity index (χ4v) is 2.19. The Kier molecular flexibility index (Phi) is 5.94. The molecule has 0 saturated heterocycles. The lowest BCUT2D eigenvalue weighted by atomic mass is 10.1. The van der Waals surface area contributed by atoms with Crippen LogP contribution in [0.4, 0.5) is 17.8 Å². The summed E-state index contributed by atoms with van der Waals surface area (Å²) in [6.07, 6.45) is 0. The molecule has 0 bridgehead atoms. The molecule has 0 spiro atoms. The molecule has 2 rings (SSSR count). The van der Waals surface area contributed by atoms with Crippen molar-refractivity contribution in [2.45, 2.75) is 13.0 Å². The molecule has 0 saturated carbocycles. The van der Waals surface area contributed by atoms with E-state index in [1.54, 1.807) is 38.2 Å². The largest absolute Gasteiger partial charge is 0.508 e. The zero-order valence-corrected chi connectivity index (χ0v) is 14.8. The number of aliphatic hydroxyl groups is 2. The van der Waals surface area contributed by atoms with Gasteiger partial charge in [-0.3, -0.25) is 0 Å². The fourth-order valence-electron chi connectivity index (χ4n) is 2.19. The summed E-state index contributed by atoms with van der Waals surface area (Å²) in [5, 5.41) is 28.8. The predicted octanol–water partition coefficient (Wildman–Crippen LogP) is 0.547. The minimum Gasteiger partial charge on any atom is -0.508 e. The monoisotopic (exact) mass is 348 g/mol. The van der Waals surface area contributed by atoms with Gasteiger partial charge in [-0.1, -0.05) is 18.2 Å². The predicted molar refractivity (Wildman–Crippen MR) is 95.7 cm³/mol. The molecule has 3 N–H and O–H groups in total. The number of hydrogen-bond donors (Lipinski definition) is 3. The van der Waals surface area contributed by atoms with Crippen molar-refractivity contribution < 1.29 is 15.3 Å². The average Bonchev–Trinajstić information content (AvgIpc) is 2.65. The van der Waals surface area contributed by atoms with Gasteiger partial charge in [0.05, 0.1) is 6.04 Å². The summed E-state index contributed by atoms with van der Waals surface area (Å²) in [7, 11) is 5.10. The summed E-state index contributed by atoms with van der Waals surface area (Å²) in [5.74, 6) is 1.10. The van der Waals surface area contributed by atoms with E-state index in [1.165, 1.54) is 9.80 Å². The maximum atomic E-state index is 10.1. The first-order valence-electron chi connectivity index (χ1n) is 7.79. The van der Waals surface area contributed by atoms with Gasteiger partial charge < -0.3 is 30.0 Å². The summed E-state index contributed by atoms with van der Waals surface area (Å²) < 4.78 is 0. The number of nitrogens with zero attached hydrogens (tertiary/aromatic N) is 6. The number of aromatic hydroxyl groups is 1. The molecule has 0 amide bonds. The van der Waals surface area contributed by atoms with Crippen LogP contribution in [-0.2, 0) is 0 Å². The van der Waals surface area contributed by atoms with E-state index < -0.39 is 0 Å². The minimum absolute atomic E-state index is 0.191. The number of aliphatic hydroxyl groups excluding tert-OH is 2. The second-order valence-electron chi connectivity index (χ2n) is 5.76. The highest BCUT2D eigenvalue weighted by Gasteiger charge is 2.21. The van der Waals surface area contributed by atoms with E-state index in [4.69, 9.17) is 0 Å². The highest BCUT2D eigenvalue weighted by molar-refractivity contribution is 5.48. The summed E-state index contributed by atoms with van der Waals surface area (Å²) >= 11 is 0. The van der Waals surface area contributed by atoms with Gasteiger partial charge in [-0.15, -0.1) is 0 Å². The average molecular weight is 348 g/mol. The van der Waals surface area contributed by atoms with Crippen molar-refractivity contribution in [3.8, 4) is 5.75 Å². The molecule has 1 aromatic carbocycles. The van der Waals surface area contributed by atoms with Crippen molar-refractivity contribution in [2.24, 2.45) is 0 Å². The summed E-state index contributed by atoms with van der Waals surface area (Å²) in [6, 6.07) is 6.87. The lowest BCUT2D eigenvalue weighted by Crippen LogP contribution is -2.29. The van der Waals surface area contributed by atoms with Gasteiger partial charge in [0.15, 0.2) is 0 Å². The molecule has 1 aromatic heterocycles. The third kappa shape index (κ3) is 4.06. The van der Waals surface area contributed by atoms with Crippen molar-refractivity contribution in [3.63, 3.8) is 0 Å². The van der Waals surface area contributed by atoms with Crippen LogP contribution in [0.1, 0.15) is 18.5 Å². The van der Waals surface area contributed by atoms with Gasteiger partial charge in [0.25, 0.3) is 0 Å². The third-order valence-electron chi connectivity index (χ3n) is 3.99. The second kappa shape index (κ2) is 7.95. The Hall–Kier alpha value is -2.65. The van der Waals surface area contributed by atoms with Gasteiger partial charge in [0.2, 0.25) is 17.8 Å². The van der Waals surface area contributed by atoms with E-state index in [0.29, 0.717) is 5.95 Å². The Labute approximate surface area is 146 Å². The first kappa shape index (κ1) is 18.7. The molecule has 0 aliphatic carbocycles. The van der Waals surface area contributed by atoms with E-state index in [9.17, 15) is 15.3 Å². The van der Waals surface area contributed by atoms with Gasteiger partial charge in [-0.2, -0.15) is 15.0 Å². The Bertz CT molecular complexity index is 686. The van der Waals surface area contributed by atoms with Crippen LogP contribution < -0.4 is 14.7 Å². The molecule has 1 unspecified atom stereocenters. The number of aromatic nitrogens is 3. The Morgan fingerprint density at radius 3 is 1.84 bits per heavy atom. The van der Waals surface area contributed by atoms with Crippen molar-refractivity contribution in [3.05, 3.63) is 29.8 Å². The van der Waals surface area contributed by atoms with Crippen LogP contribution in [0.25, 0.3) is 0 Å². The van der Waals surface area contributed by atoms with Crippen LogP contribution in [0.15, 0.2) is 24.3 Å². The van der Waals surface area contributed by atoms with Crippen molar-refractivity contribution in [2.75, 3.05) is 49.3 Å². The fraction of sp³-hybridized carbons (Fsp3) is 0.438. The number of hydrogen-bond acceptors (Lipinski definition) is 9. The molecule has 25 heavy (non-hydrogen) atoms. The van der Waals surface area contributed by atoms with Crippen LogP contribution in [0.3, 0.4) is 0 Å². The Morgan fingerprint density at radius 1 is 0.880 bits per heavy atom. The van der Waals surface area contributed by atoms with E-state index in [0.717, 1.165) is 5.56 Å². The molecule has 0 fully saturated rings. The number of phenolic OH excluding ortho intramolecular Hbond substituents is 1. The molecule has 136 valence electrons. The van der Waals surface area contributed by atoms with Crippen LogP contribution in [-0.4, -0.2) is 64.9 Å². The van der Waals surface area contributed by atoms with Crippen LogP contribution >= 0.6 is 0 Å². The molecule has 1 heterocycles. The number of benzene rings is 1. The normalized spacial score (nSPS) is 11.9. The van der Waals surface area contributed by atoms with Crippen LogP contribution in [0.2, 0.25) is 0 Å². The molecule has 0 aliphatic heterocycles. The Morgan fingerprint density at radius 2 is 1.36 bits per heavy atom. The maximum Gasteiger partial charge on any atom is 0.233 e. The quantitative estimate of drug-likeness (QED) is 0.618. The third-order valence-corrected chi connectivity index (χ3v) is 3.99. The van der Waals surface area contributed by atoms with Gasteiger partial charge in [-0.25, -0.2) is 0 Å². The summed E-state index contributed by atoms with van der Waals surface area (Å²) in [5.41, 5.74) is 0.736. The lowest BCUT2D eigenvalue weighted by molar-refractivity contribution is 0.294. The van der Waals surface area contributed by atoms with Gasteiger partial charge in [0.1, 0.15) is 19.2 Å². The zero-order valence-electron chi connectivity index (χ0n) is 14.8. The van der Waals surface area contributed by atoms with Gasteiger partial charge in [0, 0.05) is 26.7 Å². The molecular formula is C16H24N6O3. The standard InChI is InChI=1S/C16H24N6O3/c1-11(12-7-5-6-8-13(12)25)22(4)16-18-14(20(2)9-23)17-15(19-16)21(3)10-24/h5-8,11,23-25H,9-10H2,1-4H3. The summed E-state index contributed by atoms with van der Waals surface area (Å²) in [6.45, 7) is 1.40. The van der Waals surface area contributed by atoms with Gasteiger partial charge in [-0.05, 0) is 13.0 Å². The Balaban J connectivity index is 2.43. The maximum absolute atomic E-state index is 10.1. The molecule has 9 nitrogen and oxygen atoms in total. The molecule has 2 aromatic rings. The first-order valence-corrected chi connectivity index (χ1v) is 7.79. The van der Waals surface area contributed by atoms with Crippen molar-refractivity contribution in [1.29, 1.82) is 0 Å². The minimum atomic E-state index is -0.259. The second-order valence-corrected chi connectivity index (χ2v) is 5.76. The molecule has 0 aliphatic rings. The number of anilines is 3. The summed E-state index contributed by atoms with van der Waals surface area (Å²) in [4.78, 5) is 17.7. The SMILES string of the molecule is CC(c1ccccc1O)N(C)c1nc(N(C)CO)nc(N(C)CO)n1. The first-order chi connectivity index (χ1) is 11.9. The van der Waals surface area contributed by atoms with Crippen molar-refractivity contribution >= 4 is 17.8 Å². The molecule has 1 atom stereocenters. The van der Waals surface area contributed by atoms with Crippen LogP contribution in [0, 0.1) is 0 Å². The number of rotatable bonds is 7. The van der Waals surface area contributed by atoms with E-state index in [1.807, 2.05) is 19.1 Å². The molecular weight excluding hydrogens is 324 g/mol. The smallest absolute Gasteiger partial charge is 0.233 e. The van der Waals surface area contributed by atoms with Gasteiger partial charge >= 0.3 is 0 Å². The topological polar surface area (TPSA) is 109 Å². The van der Waals surface area contributed by atoms with Crippen molar-refractivity contribution in [1.82, 2.24) is 15.0 Å². The highest BCUT2D eigenvalue weighted by atomic mass is 16.3. The molecule has 9 heteroatoms. The van der Waals surface area contributed by atoms with Crippen LogP contribution in [0.5, 0.6) is 5.75 Å². The number of para-hydroxylation sites is 1. The highest BCUT2D eigenvalue weighted by Crippen LogP contribution is 2.30. The van der Waals surface area contributed by atoms with E-state index in [2.05, 4.69) is 15.0 Å².